The number of carbonyl (C=O) groups excluding carboxylic acids is 1. The summed E-state index contributed by atoms with van der Waals surface area (Å²) in [5, 5.41) is 0. The van der Waals surface area contributed by atoms with Gasteiger partial charge in [0.25, 0.3) is 0 Å². The Morgan fingerprint density at radius 2 is 2.18 bits per heavy atom. The van der Waals surface area contributed by atoms with Gasteiger partial charge in [-0.25, -0.2) is 12.7 Å². The fraction of sp³-hybridized carbons (Fsp3) is 0.900. The number of esters is 1. The van der Waals surface area contributed by atoms with E-state index in [-0.39, 0.29) is 18.2 Å². The summed E-state index contributed by atoms with van der Waals surface area (Å²) in [4.78, 5) is 10.9. The summed E-state index contributed by atoms with van der Waals surface area (Å²) in [6.07, 6.45) is 0.652. The second-order valence-electron chi connectivity index (χ2n) is 4.43. The van der Waals surface area contributed by atoms with E-state index in [1.165, 1.54) is 11.4 Å². The van der Waals surface area contributed by atoms with Crippen molar-refractivity contribution in [1.29, 1.82) is 0 Å². The van der Waals surface area contributed by atoms with Crippen molar-refractivity contribution in [3.8, 4) is 0 Å². The number of rotatable bonds is 4. The standard InChI is InChI=1S/C10H20N2O4S/c1-8-3-5-12(7-9(8)11)17(14,15)6-4-10(13)16-2/h8-9H,3-7,11H2,1-2H3. The topological polar surface area (TPSA) is 89.7 Å². The molecule has 0 aromatic carbocycles. The fourth-order valence-electron chi connectivity index (χ4n) is 1.76. The molecule has 1 heterocycles. The Hall–Kier alpha value is -0.660. The fourth-order valence-corrected chi connectivity index (χ4v) is 3.23. The first-order chi connectivity index (χ1) is 7.86. The minimum absolute atomic E-state index is 0.111. The molecule has 0 aromatic rings. The summed E-state index contributed by atoms with van der Waals surface area (Å²) >= 11 is 0. The van der Waals surface area contributed by atoms with Gasteiger partial charge in [-0.2, -0.15) is 0 Å². The zero-order chi connectivity index (χ0) is 13.1. The number of carbonyl (C=O) groups is 1. The summed E-state index contributed by atoms with van der Waals surface area (Å²) in [5.74, 6) is -0.383. The monoisotopic (exact) mass is 264 g/mol. The zero-order valence-corrected chi connectivity index (χ0v) is 11.1. The molecular weight excluding hydrogens is 244 g/mol. The molecule has 1 rings (SSSR count). The van der Waals surface area contributed by atoms with Crippen molar-refractivity contribution in [2.24, 2.45) is 11.7 Å². The predicted octanol–water partition coefficient (Wildman–Crippen LogP) is -0.452. The van der Waals surface area contributed by atoms with E-state index in [0.29, 0.717) is 19.0 Å². The highest BCUT2D eigenvalue weighted by Crippen LogP contribution is 2.18. The van der Waals surface area contributed by atoms with Crippen molar-refractivity contribution in [3.63, 3.8) is 0 Å². The van der Waals surface area contributed by atoms with Crippen LogP contribution < -0.4 is 5.73 Å². The van der Waals surface area contributed by atoms with E-state index in [0.717, 1.165) is 6.42 Å². The van der Waals surface area contributed by atoms with Crippen molar-refractivity contribution in [2.45, 2.75) is 25.8 Å². The van der Waals surface area contributed by atoms with Gasteiger partial charge in [-0.1, -0.05) is 6.92 Å². The van der Waals surface area contributed by atoms with Gasteiger partial charge in [0.1, 0.15) is 0 Å². The van der Waals surface area contributed by atoms with Gasteiger partial charge in [-0.3, -0.25) is 4.79 Å². The largest absolute Gasteiger partial charge is 0.469 e. The molecule has 1 aliphatic rings. The molecule has 7 heteroatoms. The number of methoxy groups -OCH3 is 1. The van der Waals surface area contributed by atoms with Crippen LogP contribution in [0.4, 0.5) is 0 Å². The number of hydrogen-bond donors (Lipinski definition) is 1. The summed E-state index contributed by atoms with van der Waals surface area (Å²) in [7, 11) is -2.15. The Kier molecular flexibility index (Phi) is 4.91. The molecule has 17 heavy (non-hydrogen) atoms. The van der Waals surface area contributed by atoms with E-state index in [2.05, 4.69) is 4.74 Å². The lowest BCUT2D eigenvalue weighted by atomic mass is 9.96. The van der Waals surface area contributed by atoms with Gasteiger partial charge in [-0.15, -0.1) is 0 Å². The van der Waals surface area contributed by atoms with Gasteiger partial charge >= 0.3 is 5.97 Å². The van der Waals surface area contributed by atoms with E-state index in [1.54, 1.807) is 0 Å². The van der Waals surface area contributed by atoms with Crippen LogP contribution in [0.2, 0.25) is 0 Å². The Morgan fingerprint density at radius 1 is 1.53 bits per heavy atom. The number of hydrogen-bond acceptors (Lipinski definition) is 5. The Balaban J connectivity index is 2.56. The second-order valence-corrected chi connectivity index (χ2v) is 6.52. The Labute approximate surface area is 102 Å². The third-order valence-electron chi connectivity index (χ3n) is 3.16. The van der Waals surface area contributed by atoms with E-state index in [9.17, 15) is 13.2 Å². The average Bonchev–Trinajstić information content (AvgIpc) is 2.29. The molecule has 1 saturated heterocycles. The van der Waals surface area contributed by atoms with Crippen LogP contribution in [0.15, 0.2) is 0 Å². The predicted molar refractivity (Wildman–Crippen MR) is 63.7 cm³/mol. The highest BCUT2D eigenvalue weighted by Gasteiger charge is 2.31. The Morgan fingerprint density at radius 3 is 2.71 bits per heavy atom. The molecule has 100 valence electrons. The third-order valence-corrected chi connectivity index (χ3v) is 5.00. The molecule has 0 saturated carbocycles. The molecule has 0 radical (unpaired) electrons. The molecule has 2 N–H and O–H groups in total. The summed E-state index contributed by atoms with van der Waals surface area (Å²) in [6, 6.07) is -0.128. The molecule has 1 aliphatic heterocycles. The number of nitrogens with zero attached hydrogens (tertiary/aromatic N) is 1. The van der Waals surface area contributed by atoms with Crippen LogP contribution in [0.3, 0.4) is 0 Å². The van der Waals surface area contributed by atoms with E-state index >= 15 is 0 Å². The molecule has 0 amide bonds. The van der Waals surface area contributed by atoms with Gasteiger partial charge in [-0.05, 0) is 12.3 Å². The third kappa shape index (κ3) is 3.93. The van der Waals surface area contributed by atoms with Gasteiger partial charge in [0.05, 0.1) is 19.3 Å². The maximum Gasteiger partial charge on any atom is 0.306 e. The molecule has 1 fully saturated rings. The number of piperidine rings is 1. The van der Waals surface area contributed by atoms with Crippen LogP contribution >= 0.6 is 0 Å². The summed E-state index contributed by atoms with van der Waals surface area (Å²) < 4.78 is 29.6. The first-order valence-electron chi connectivity index (χ1n) is 5.67. The minimum atomic E-state index is -3.39. The lowest BCUT2D eigenvalue weighted by Gasteiger charge is -2.34. The normalized spacial score (nSPS) is 26.8. The molecule has 0 aliphatic carbocycles. The van der Waals surface area contributed by atoms with Gasteiger partial charge in [0, 0.05) is 19.1 Å². The van der Waals surface area contributed by atoms with E-state index in [4.69, 9.17) is 5.73 Å². The first-order valence-corrected chi connectivity index (χ1v) is 7.28. The maximum absolute atomic E-state index is 11.9. The molecule has 6 nitrogen and oxygen atoms in total. The second kappa shape index (κ2) is 5.79. The van der Waals surface area contributed by atoms with Crippen molar-refractivity contribution < 1.29 is 17.9 Å². The van der Waals surface area contributed by atoms with Crippen molar-refractivity contribution in [3.05, 3.63) is 0 Å². The highest BCUT2D eigenvalue weighted by atomic mass is 32.2. The van der Waals surface area contributed by atoms with Gasteiger partial charge in [0.2, 0.25) is 10.0 Å². The van der Waals surface area contributed by atoms with Crippen LogP contribution in [0.1, 0.15) is 19.8 Å². The molecule has 0 aromatic heterocycles. The van der Waals surface area contributed by atoms with Gasteiger partial charge < -0.3 is 10.5 Å². The van der Waals surface area contributed by atoms with E-state index < -0.39 is 16.0 Å². The lowest BCUT2D eigenvalue weighted by Crippen LogP contribution is -2.50. The first kappa shape index (κ1) is 14.4. The minimum Gasteiger partial charge on any atom is -0.469 e. The molecule has 0 spiro atoms. The summed E-state index contributed by atoms with van der Waals surface area (Å²) in [6.45, 7) is 2.84. The average molecular weight is 264 g/mol. The number of ether oxygens (including phenoxy) is 1. The number of nitrogens with two attached hydrogens (primary N) is 1. The zero-order valence-electron chi connectivity index (χ0n) is 10.3. The quantitative estimate of drug-likeness (QED) is 0.694. The highest BCUT2D eigenvalue weighted by molar-refractivity contribution is 7.89. The molecular formula is C10H20N2O4S. The molecule has 2 atom stereocenters. The lowest BCUT2D eigenvalue weighted by molar-refractivity contribution is -0.140. The van der Waals surface area contributed by atoms with Crippen LogP contribution in [-0.2, 0) is 19.6 Å². The summed E-state index contributed by atoms with van der Waals surface area (Å²) in [5.41, 5.74) is 5.85. The maximum atomic E-state index is 11.9. The number of sulfonamides is 1. The van der Waals surface area contributed by atoms with Crippen LogP contribution in [0.5, 0.6) is 0 Å². The van der Waals surface area contributed by atoms with Crippen molar-refractivity contribution in [2.75, 3.05) is 26.0 Å². The van der Waals surface area contributed by atoms with Crippen LogP contribution in [0, 0.1) is 5.92 Å². The van der Waals surface area contributed by atoms with Crippen LogP contribution in [0.25, 0.3) is 0 Å². The smallest absolute Gasteiger partial charge is 0.306 e. The van der Waals surface area contributed by atoms with E-state index in [1.807, 2.05) is 6.92 Å². The molecule has 2 unspecified atom stereocenters. The van der Waals surface area contributed by atoms with Gasteiger partial charge in [0.15, 0.2) is 0 Å². The Bertz CT molecular complexity index is 369. The SMILES string of the molecule is COC(=O)CCS(=O)(=O)N1CCC(C)C(N)C1. The van der Waals surface area contributed by atoms with Crippen LogP contribution in [-0.4, -0.2) is 50.7 Å². The van der Waals surface area contributed by atoms with Crippen molar-refractivity contribution >= 4 is 16.0 Å². The molecule has 0 bridgehead atoms. The van der Waals surface area contributed by atoms with Crippen molar-refractivity contribution in [1.82, 2.24) is 4.31 Å².